The summed E-state index contributed by atoms with van der Waals surface area (Å²) in [7, 11) is 5.98. The van der Waals surface area contributed by atoms with Crippen molar-refractivity contribution in [3.05, 3.63) is 70.8 Å². The Hall–Kier alpha value is -2.33. The van der Waals surface area contributed by atoms with Gasteiger partial charge in [0.15, 0.2) is 5.96 Å². The molecule has 4 nitrogen and oxygen atoms in total. The van der Waals surface area contributed by atoms with Crippen LogP contribution < -0.4 is 10.6 Å². The molecular formula is C21H30N4. The summed E-state index contributed by atoms with van der Waals surface area (Å²) in [4.78, 5) is 6.49. The minimum Gasteiger partial charge on any atom is -0.352 e. The summed E-state index contributed by atoms with van der Waals surface area (Å²) in [5, 5.41) is 6.78. The van der Waals surface area contributed by atoms with Crippen molar-refractivity contribution in [2.24, 2.45) is 4.99 Å². The smallest absolute Gasteiger partial charge is 0.191 e. The van der Waals surface area contributed by atoms with E-state index in [4.69, 9.17) is 0 Å². The Balaban J connectivity index is 1.86. The standard InChI is InChI=1S/C21H30N4/c1-5-19-8-6-7-9-20(19)15-24-21(22-2)23-14-17-10-12-18(13-11-17)16-25(3)4/h6-13H,5,14-16H2,1-4H3,(H2,22,23,24). The van der Waals surface area contributed by atoms with Gasteiger partial charge in [-0.3, -0.25) is 4.99 Å². The highest BCUT2D eigenvalue weighted by Crippen LogP contribution is 2.09. The molecular weight excluding hydrogens is 308 g/mol. The van der Waals surface area contributed by atoms with Gasteiger partial charge in [0.05, 0.1) is 0 Å². The van der Waals surface area contributed by atoms with Gasteiger partial charge in [0, 0.05) is 26.7 Å². The molecule has 2 aromatic rings. The highest BCUT2D eigenvalue weighted by molar-refractivity contribution is 5.79. The average molecular weight is 338 g/mol. The molecule has 0 aliphatic heterocycles. The minimum absolute atomic E-state index is 0.761. The van der Waals surface area contributed by atoms with E-state index in [0.717, 1.165) is 32.0 Å². The van der Waals surface area contributed by atoms with E-state index in [1.165, 1.54) is 22.3 Å². The van der Waals surface area contributed by atoms with Crippen LogP contribution in [0.4, 0.5) is 0 Å². The number of nitrogens with one attached hydrogen (secondary N) is 2. The SMILES string of the molecule is CCc1ccccc1CNC(=NC)NCc1ccc(CN(C)C)cc1. The lowest BCUT2D eigenvalue weighted by atomic mass is 10.1. The summed E-state index contributed by atoms with van der Waals surface area (Å²) in [6.45, 7) is 4.70. The van der Waals surface area contributed by atoms with Crippen LogP contribution in [0.3, 0.4) is 0 Å². The monoisotopic (exact) mass is 338 g/mol. The van der Waals surface area contributed by atoms with Gasteiger partial charge in [-0.15, -0.1) is 0 Å². The predicted octanol–water partition coefficient (Wildman–Crippen LogP) is 3.18. The van der Waals surface area contributed by atoms with Gasteiger partial charge in [-0.2, -0.15) is 0 Å². The second-order valence-corrected chi connectivity index (χ2v) is 6.46. The molecule has 0 spiro atoms. The van der Waals surface area contributed by atoms with E-state index >= 15 is 0 Å². The molecule has 0 heterocycles. The van der Waals surface area contributed by atoms with Gasteiger partial charge in [0.1, 0.15) is 0 Å². The van der Waals surface area contributed by atoms with Gasteiger partial charge >= 0.3 is 0 Å². The number of nitrogens with zero attached hydrogens (tertiary/aromatic N) is 2. The minimum atomic E-state index is 0.761. The van der Waals surface area contributed by atoms with Crippen LogP contribution in [0.25, 0.3) is 0 Å². The summed E-state index contributed by atoms with van der Waals surface area (Å²) >= 11 is 0. The van der Waals surface area contributed by atoms with E-state index < -0.39 is 0 Å². The van der Waals surface area contributed by atoms with E-state index in [0.29, 0.717) is 0 Å². The molecule has 2 aromatic carbocycles. The van der Waals surface area contributed by atoms with Crippen molar-refractivity contribution < 1.29 is 0 Å². The fourth-order valence-electron chi connectivity index (χ4n) is 2.79. The molecule has 0 bridgehead atoms. The van der Waals surface area contributed by atoms with E-state index in [2.05, 4.69) is 90.1 Å². The largest absolute Gasteiger partial charge is 0.352 e. The van der Waals surface area contributed by atoms with Crippen molar-refractivity contribution in [1.82, 2.24) is 15.5 Å². The Kier molecular flexibility index (Phi) is 7.48. The molecule has 0 aliphatic rings. The Bertz CT molecular complexity index is 675. The van der Waals surface area contributed by atoms with Gasteiger partial charge < -0.3 is 15.5 Å². The van der Waals surface area contributed by atoms with Crippen LogP contribution in [-0.4, -0.2) is 32.0 Å². The first kappa shape index (κ1) is 19.0. The van der Waals surface area contributed by atoms with Crippen molar-refractivity contribution in [3.8, 4) is 0 Å². The third kappa shape index (κ3) is 6.24. The molecule has 4 heteroatoms. The highest BCUT2D eigenvalue weighted by atomic mass is 15.2. The summed E-state index contributed by atoms with van der Waals surface area (Å²) in [5.74, 6) is 0.822. The molecule has 0 saturated carbocycles. The third-order valence-corrected chi connectivity index (χ3v) is 4.15. The number of aryl methyl sites for hydroxylation is 1. The summed E-state index contributed by atoms with van der Waals surface area (Å²) in [5.41, 5.74) is 5.27. The predicted molar refractivity (Wildman–Crippen MR) is 107 cm³/mol. The number of hydrogen-bond acceptors (Lipinski definition) is 2. The van der Waals surface area contributed by atoms with Crippen LogP contribution in [0, 0.1) is 0 Å². The lowest BCUT2D eigenvalue weighted by Crippen LogP contribution is -2.36. The Morgan fingerprint density at radius 3 is 2.08 bits per heavy atom. The first-order valence-corrected chi connectivity index (χ1v) is 8.86. The lowest BCUT2D eigenvalue weighted by Gasteiger charge is -2.14. The van der Waals surface area contributed by atoms with Gasteiger partial charge in [0.2, 0.25) is 0 Å². The number of aliphatic imine (C=N–C) groups is 1. The molecule has 0 radical (unpaired) electrons. The molecule has 2 N–H and O–H groups in total. The van der Waals surface area contributed by atoms with Gasteiger partial charge in [-0.25, -0.2) is 0 Å². The van der Waals surface area contributed by atoms with Crippen molar-refractivity contribution in [2.45, 2.75) is 33.0 Å². The molecule has 0 aliphatic carbocycles. The lowest BCUT2D eigenvalue weighted by molar-refractivity contribution is 0.402. The molecule has 0 amide bonds. The zero-order valence-electron chi connectivity index (χ0n) is 15.8. The molecule has 0 unspecified atom stereocenters. The van der Waals surface area contributed by atoms with Crippen LogP contribution in [0.15, 0.2) is 53.5 Å². The molecule has 2 rings (SSSR count). The number of guanidine groups is 1. The molecule has 0 saturated heterocycles. The zero-order valence-corrected chi connectivity index (χ0v) is 15.8. The fraction of sp³-hybridized carbons (Fsp3) is 0.381. The van der Waals surface area contributed by atoms with Crippen LogP contribution in [0.5, 0.6) is 0 Å². The Morgan fingerprint density at radius 2 is 1.48 bits per heavy atom. The van der Waals surface area contributed by atoms with E-state index in [9.17, 15) is 0 Å². The van der Waals surface area contributed by atoms with Crippen LogP contribution >= 0.6 is 0 Å². The van der Waals surface area contributed by atoms with Crippen molar-refractivity contribution in [2.75, 3.05) is 21.1 Å². The number of hydrogen-bond donors (Lipinski definition) is 2. The Morgan fingerprint density at radius 1 is 0.880 bits per heavy atom. The maximum absolute atomic E-state index is 4.32. The van der Waals surface area contributed by atoms with E-state index in [1.54, 1.807) is 7.05 Å². The summed E-state index contributed by atoms with van der Waals surface area (Å²) in [6.07, 6.45) is 1.04. The van der Waals surface area contributed by atoms with E-state index in [1.807, 2.05) is 0 Å². The first-order valence-electron chi connectivity index (χ1n) is 8.86. The van der Waals surface area contributed by atoms with Gasteiger partial charge in [-0.1, -0.05) is 55.5 Å². The summed E-state index contributed by atoms with van der Waals surface area (Å²) in [6, 6.07) is 17.2. The second-order valence-electron chi connectivity index (χ2n) is 6.46. The van der Waals surface area contributed by atoms with Crippen LogP contribution in [0.2, 0.25) is 0 Å². The van der Waals surface area contributed by atoms with Gasteiger partial charge in [-0.05, 0) is 42.8 Å². The molecule has 134 valence electrons. The molecule has 25 heavy (non-hydrogen) atoms. The summed E-state index contributed by atoms with van der Waals surface area (Å²) < 4.78 is 0. The van der Waals surface area contributed by atoms with Crippen LogP contribution in [0.1, 0.15) is 29.2 Å². The van der Waals surface area contributed by atoms with Crippen molar-refractivity contribution >= 4 is 5.96 Å². The maximum Gasteiger partial charge on any atom is 0.191 e. The Labute approximate surface area is 152 Å². The quantitative estimate of drug-likeness (QED) is 0.602. The maximum atomic E-state index is 4.32. The molecule has 0 fully saturated rings. The van der Waals surface area contributed by atoms with E-state index in [-0.39, 0.29) is 0 Å². The number of rotatable bonds is 7. The zero-order chi connectivity index (χ0) is 18.1. The third-order valence-electron chi connectivity index (χ3n) is 4.15. The van der Waals surface area contributed by atoms with Crippen LogP contribution in [-0.2, 0) is 26.1 Å². The molecule has 0 atom stereocenters. The molecule has 0 aromatic heterocycles. The number of benzene rings is 2. The highest BCUT2D eigenvalue weighted by Gasteiger charge is 2.03. The van der Waals surface area contributed by atoms with Crippen molar-refractivity contribution in [3.63, 3.8) is 0 Å². The average Bonchev–Trinajstić information content (AvgIpc) is 2.63. The fourth-order valence-corrected chi connectivity index (χ4v) is 2.79. The second kappa shape index (κ2) is 9.84. The topological polar surface area (TPSA) is 39.7 Å². The normalized spacial score (nSPS) is 11.6. The first-order chi connectivity index (χ1) is 12.1. The van der Waals surface area contributed by atoms with Gasteiger partial charge in [0.25, 0.3) is 0 Å². The van der Waals surface area contributed by atoms with Crippen molar-refractivity contribution in [1.29, 1.82) is 0 Å².